The molecule has 0 saturated carbocycles. The zero-order chi connectivity index (χ0) is 19.3. The van der Waals surface area contributed by atoms with Crippen molar-refractivity contribution in [2.24, 2.45) is 0 Å². The molecule has 142 valence electrons. The number of fused-ring (bicyclic) bond motifs is 1. The number of hydrogen-bond donors (Lipinski definition) is 0. The third-order valence-corrected chi connectivity index (χ3v) is 3.85. The molecule has 0 aliphatic carbocycles. The van der Waals surface area contributed by atoms with E-state index in [4.69, 9.17) is 9.47 Å². The molecule has 0 aliphatic rings. The number of aromatic nitrogens is 3. The fourth-order valence-corrected chi connectivity index (χ4v) is 2.71. The first-order valence-corrected chi connectivity index (χ1v) is 8.91. The van der Waals surface area contributed by atoms with Crippen LogP contribution in [0.15, 0.2) is 12.4 Å². The molecule has 2 aromatic heterocycles. The van der Waals surface area contributed by atoms with E-state index in [9.17, 15) is 9.59 Å². The first kappa shape index (κ1) is 19.9. The van der Waals surface area contributed by atoms with Gasteiger partial charge in [-0.1, -0.05) is 13.3 Å². The molecule has 0 atom stereocenters. The van der Waals surface area contributed by atoms with Crippen molar-refractivity contribution in [1.82, 2.24) is 14.6 Å². The van der Waals surface area contributed by atoms with Crippen LogP contribution in [-0.4, -0.2) is 39.1 Å². The molecule has 0 amide bonds. The quantitative estimate of drug-likeness (QED) is 0.529. The van der Waals surface area contributed by atoms with Crippen LogP contribution in [0.3, 0.4) is 0 Å². The number of carbonyl (C=O) groups excluding carboxylic acids is 2. The van der Waals surface area contributed by atoms with Crippen LogP contribution in [0.5, 0.6) is 5.75 Å². The van der Waals surface area contributed by atoms with Gasteiger partial charge in [-0.05, 0) is 33.6 Å². The normalized spacial score (nSPS) is 11.6. The summed E-state index contributed by atoms with van der Waals surface area (Å²) in [5.41, 5.74) is 1.19. The van der Waals surface area contributed by atoms with Crippen LogP contribution in [0.2, 0.25) is 0 Å². The van der Waals surface area contributed by atoms with Crippen molar-refractivity contribution in [3.8, 4) is 5.75 Å². The second kappa shape index (κ2) is 8.29. The van der Waals surface area contributed by atoms with Crippen LogP contribution in [0, 0.1) is 0 Å². The Morgan fingerprint density at radius 3 is 2.58 bits per heavy atom. The van der Waals surface area contributed by atoms with Gasteiger partial charge in [-0.2, -0.15) is 5.10 Å². The number of unbranched alkanes of at least 4 members (excludes halogenated alkanes) is 1. The summed E-state index contributed by atoms with van der Waals surface area (Å²) in [6.45, 7) is 7.50. The van der Waals surface area contributed by atoms with Gasteiger partial charge in [-0.3, -0.25) is 9.59 Å². The molecular formula is C19H27N3O4. The Kier molecular flexibility index (Phi) is 6.34. The zero-order valence-electron chi connectivity index (χ0n) is 16.2. The minimum absolute atomic E-state index is 0.0111. The number of pyridine rings is 1. The Bertz CT molecular complexity index is 790. The second-order valence-electron chi connectivity index (χ2n) is 7.19. The number of Topliss-reactive ketones (excluding diaryl/α,β-unsaturated/α-hetero) is 1. The summed E-state index contributed by atoms with van der Waals surface area (Å²) in [4.78, 5) is 28.9. The van der Waals surface area contributed by atoms with Crippen molar-refractivity contribution in [3.05, 3.63) is 23.7 Å². The number of aryl methyl sites for hydroxylation is 1. The summed E-state index contributed by atoms with van der Waals surface area (Å²) >= 11 is 0. The molecule has 0 saturated heterocycles. The van der Waals surface area contributed by atoms with Crippen molar-refractivity contribution in [2.45, 2.75) is 65.4 Å². The van der Waals surface area contributed by atoms with E-state index >= 15 is 0 Å². The lowest BCUT2D eigenvalue weighted by atomic mass is 10.0. The Hall–Kier alpha value is -2.44. The topological polar surface area (TPSA) is 82.8 Å². The number of esters is 1. The predicted octanol–water partition coefficient (Wildman–Crippen LogP) is 3.39. The first-order valence-electron chi connectivity index (χ1n) is 8.91. The van der Waals surface area contributed by atoms with Crippen LogP contribution >= 0.6 is 0 Å². The molecule has 0 fully saturated rings. The number of ketones is 1. The third kappa shape index (κ3) is 4.80. The highest BCUT2D eigenvalue weighted by molar-refractivity contribution is 6.05. The van der Waals surface area contributed by atoms with Gasteiger partial charge in [0.15, 0.2) is 11.4 Å². The lowest BCUT2D eigenvalue weighted by molar-refractivity contribution is -0.154. The van der Waals surface area contributed by atoms with Gasteiger partial charge in [0.05, 0.1) is 13.5 Å². The van der Waals surface area contributed by atoms with Crippen LogP contribution in [-0.2, 0) is 16.0 Å². The van der Waals surface area contributed by atoms with E-state index in [1.165, 1.54) is 13.4 Å². The van der Waals surface area contributed by atoms with Crippen LogP contribution < -0.4 is 4.74 Å². The lowest BCUT2D eigenvalue weighted by Crippen LogP contribution is -2.24. The molecule has 0 spiro atoms. The molecule has 0 aliphatic heterocycles. The molecule has 2 aromatic rings. The standard InChI is InChI=1S/C19H27N3O4/c1-6-7-8-13-11-15(25-5)17(18-20-12-21-22(13)18)14(23)9-10-16(24)26-19(2,3)4/h11-12H,6-10H2,1-5H3. The Morgan fingerprint density at radius 1 is 1.23 bits per heavy atom. The number of methoxy groups -OCH3 is 1. The molecular weight excluding hydrogens is 334 g/mol. The van der Waals surface area contributed by atoms with Crippen molar-refractivity contribution in [1.29, 1.82) is 0 Å². The maximum atomic E-state index is 12.8. The van der Waals surface area contributed by atoms with Gasteiger partial charge in [0.25, 0.3) is 0 Å². The van der Waals surface area contributed by atoms with Gasteiger partial charge in [0, 0.05) is 18.2 Å². The molecule has 0 N–H and O–H groups in total. The number of rotatable bonds is 8. The lowest BCUT2D eigenvalue weighted by Gasteiger charge is -2.19. The van der Waals surface area contributed by atoms with Gasteiger partial charge in [0.1, 0.15) is 23.2 Å². The third-order valence-electron chi connectivity index (χ3n) is 3.85. The summed E-state index contributed by atoms with van der Waals surface area (Å²) in [5, 5.41) is 4.24. The molecule has 7 heteroatoms. The predicted molar refractivity (Wildman–Crippen MR) is 97.6 cm³/mol. The summed E-state index contributed by atoms with van der Waals surface area (Å²) in [6, 6.07) is 1.83. The number of carbonyl (C=O) groups is 2. The van der Waals surface area contributed by atoms with E-state index in [1.54, 1.807) is 25.3 Å². The average molecular weight is 361 g/mol. The highest BCUT2D eigenvalue weighted by Gasteiger charge is 2.23. The molecule has 0 radical (unpaired) electrons. The van der Waals surface area contributed by atoms with Gasteiger partial charge in [-0.15, -0.1) is 0 Å². The second-order valence-corrected chi connectivity index (χ2v) is 7.19. The van der Waals surface area contributed by atoms with Crippen LogP contribution in [0.1, 0.15) is 69.4 Å². The van der Waals surface area contributed by atoms with Gasteiger partial charge < -0.3 is 9.47 Å². The molecule has 0 bridgehead atoms. The van der Waals surface area contributed by atoms with E-state index in [0.29, 0.717) is 17.0 Å². The van der Waals surface area contributed by atoms with E-state index in [1.807, 2.05) is 6.07 Å². The average Bonchev–Trinajstić information content (AvgIpc) is 3.04. The number of hydrogen-bond acceptors (Lipinski definition) is 6. The molecule has 2 rings (SSSR count). The highest BCUT2D eigenvalue weighted by atomic mass is 16.6. The van der Waals surface area contributed by atoms with Gasteiger partial charge >= 0.3 is 5.97 Å². The Balaban J connectivity index is 2.26. The Morgan fingerprint density at radius 2 is 1.96 bits per heavy atom. The van der Waals surface area contributed by atoms with Crippen LogP contribution in [0.4, 0.5) is 0 Å². The van der Waals surface area contributed by atoms with E-state index in [-0.39, 0.29) is 18.6 Å². The van der Waals surface area contributed by atoms with Crippen LogP contribution in [0.25, 0.3) is 5.65 Å². The van der Waals surface area contributed by atoms with Crippen molar-refractivity contribution in [2.75, 3.05) is 7.11 Å². The molecule has 2 heterocycles. The smallest absolute Gasteiger partial charge is 0.306 e. The first-order chi connectivity index (χ1) is 12.3. The van der Waals surface area contributed by atoms with E-state index in [2.05, 4.69) is 17.0 Å². The van der Waals surface area contributed by atoms with E-state index < -0.39 is 11.6 Å². The molecule has 26 heavy (non-hydrogen) atoms. The summed E-state index contributed by atoms with van der Waals surface area (Å²) < 4.78 is 12.4. The van der Waals surface area contributed by atoms with Crippen molar-refractivity contribution < 1.29 is 19.1 Å². The zero-order valence-corrected chi connectivity index (χ0v) is 16.2. The Labute approximate surface area is 153 Å². The number of nitrogens with zero attached hydrogens (tertiary/aromatic N) is 3. The van der Waals surface area contributed by atoms with Gasteiger partial charge in [-0.25, -0.2) is 9.50 Å². The molecule has 7 nitrogen and oxygen atoms in total. The fraction of sp³-hybridized carbons (Fsp3) is 0.579. The van der Waals surface area contributed by atoms with E-state index in [0.717, 1.165) is 25.0 Å². The minimum Gasteiger partial charge on any atom is -0.496 e. The molecule has 0 aromatic carbocycles. The van der Waals surface area contributed by atoms with Crippen molar-refractivity contribution >= 4 is 17.4 Å². The van der Waals surface area contributed by atoms with Gasteiger partial charge in [0.2, 0.25) is 0 Å². The monoisotopic (exact) mass is 361 g/mol. The molecule has 0 unspecified atom stereocenters. The SMILES string of the molecule is CCCCc1cc(OC)c(C(=O)CCC(=O)OC(C)(C)C)c2ncnn12. The maximum absolute atomic E-state index is 12.8. The summed E-state index contributed by atoms with van der Waals surface area (Å²) in [7, 11) is 1.52. The number of ether oxygens (including phenoxy) is 2. The summed E-state index contributed by atoms with van der Waals surface area (Å²) in [6.07, 6.45) is 4.34. The summed E-state index contributed by atoms with van der Waals surface area (Å²) in [5.74, 6) is -0.152. The fourth-order valence-electron chi connectivity index (χ4n) is 2.71. The van der Waals surface area contributed by atoms with Crippen molar-refractivity contribution in [3.63, 3.8) is 0 Å². The largest absolute Gasteiger partial charge is 0.496 e. The maximum Gasteiger partial charge on any atom is 0.306 e. The minimum atomic E-state index is -0.570. The highest BCUT2D eigenvalue weighted by Crippen LogP contribution is 2.27.